The SMILES string of the molecule is COCC(=O)NCc1cccc(-n2nnc3cnc(S(C)(=O)=O)nc32)c1. The highest BCUT2D eigenvalue weighted by Crippen LogP contribution is 2.16. The van der Waals surface area contributed by atoms with Gasteiger partial charge in [0.2, 0.25) is 20.9 Å². The molecule has 3 aromatic rings. The van der Waals surface area contributed by atoms with E-state index in [-0.39, 0.29) is 23.3 Å². The van der Waals surface area contributed by atoms with Crippen LogP contribution in [0.2, 0.25) is 0 Å². The third kappa shape index (κ3) is 3.83. The van der Waals surface area contributed by atoms with Gasteiger partial charge in [-0.1, -0.05) is 17.3 Å². The molecule has 10 nitrogen and oxygen atoms in total. The number of nitrogens with one attached hydrogen (secondary N) is 1. The summed E-state index contributed by atoms with van der Waals surface area (Å²) < 4.78 is 29.5. The molecular weight excluding hydrogens is 360 g/mol. The number of amides is 1. The standard InChI is InChI=1S/C15H16N6O4S/c1-25-9-13(22)16-7-10-4-3-5-11(6-10)21-14-12(19-20-21)8-17-15(18-14)26(2,23)24/h3-6,8H,7,9H2,1-2H3,(H,16,22). The molecule has 3 rings (SSSR count). The number of methoxy groups -OCH3 is 1. The van der Waals surface area contributed by atoms with E-state index in [2.05, 4.69) is 25.6 Å². The molecule has 0 aliphatic carbocycles. The first-order chi connectivity index (χ1) is 12.4. The second-order valence-corrected chi connectivity index (χ2v) is 7.42. The highest BCUT2D eigenvalue weighted by atomic mass is 32.2. The molecule has 0 fully saturated rings. The third-order valence-corrected chi connectivity index (χ3v) is 4.28. The molecule has 0 aliphatic rings. The van der Waals surface area contributed by atoms with E-state index >= 15 is 0 Å². The largest absolute Gasteiger partial charge is 0.375 e. The number of hydrogen-bond donors (Lipinski definition) is 1. The number of fused-ring (bicyclic) bond motifs is 1. The van der Waals surface area contributed by atoms with Crippen molar-refractivity contribution in [2.45, 2.75) is 11.7 Å². The Morgan fingerprint density at radius 3 is 2.88 bits per heavy atom. The molecule has 0 saturated heterocycles. The summed E-state index contributed by atoms with van der Waals surface area (Å²) in [7, 11) is -2.11. The number of carbonyl (C=O) groups excluding carboxylic acids is 1. The molecular formula is C15H16N6O4S. The number of ether oxygens (including phenoxy) is 1. The van der Waals surface area contributed by atoms with E-state index in [1.807, 2.05) is 6.07 Å². The Morgan fingerprint density at radius 2 is 2.15 bits per heavy atom. The van der Waals surface area contributed by atoms with Gasteiger partial charge in [0.15, 0.2) is 11.2 Å². The fourth-order valence-corrected chi connectivity index (χ4v) is 2.74. The van der Waals surface area contributed by atoms with Crippen molar-refractivity contribution in [1.29, 1.82) is 0 Å². The second-order valence-electron chi connectivity index (χ2n) is 5.51. The summed E-state index contributed by atoms with van der Waals surface area (Å²) in [5, 5.41) is 10.4. The lowest BCUT2D eigenvalue weighted by Gasteiger charge is -2.07. The Morgan fingerprint density at radius 1 is 1.35 bits per heavy atom. The molecule has 0 bridgehead atoms. The molecule has 1 aromatic carbocycles. The lowest BCUT2D eigenvalue weighted by Crippen LogP contribution is -2.26. The van der Waals surface area contributed by atoms with Gasteiger partial charge in [-0.05, 0) is 17.7 Å². The highest BCUT2D eigenvalue weighted by Gasteiger charge is 2.16. The Hall–Kier alpha value is -2.92. The quantitative estimate of drug-likeness (QED) is 0.589. The van der Waals surface area contributed by atoms with Crippen LogP contribution in [0.5, 0.6) is 0 Å². The molecule has 0 spiro atoms. The summed E-state index contributed by atoms with van der Waals surface area (Å²) in [6.07, 6.45) is 2.35. The van der Waals surface area contributed by atoms with Crippen LogP contribution in [0, 0.1) is 0 Å². The van der Waals surface area contributed by atoms with Crippen molar-refractivity contribution < 1.29 is 17.9 Å². The number of aromatic nitrogens is 5. The van der Waals surface area contributed by atoms with Crippen molar-refractivity contribution in [3.8, 4) is 5.69 Å². The van der Waals surface area contributed by atoms with Crippen LogP contribution in [0.3, 0.4) is 0 Å². The number of benzene rings is 1. The summed E-state index contributed by atoms with van der Waals surface area (Å²) in [5.74, 6) is -0.227. The fraction of sp³-hybridized carbons (Fsp3) is 0.267. The number of carbonyl (C=O) groups is 1. The number of rotatable bonds is 6. The maximum Gasteiger partial charge on any atom is 0.248 e. The predicted molar refractivity (Wildman–Crippen MR) is 91.3 cm³/mol. The van der Waals surface area contributed by atoms with Crippen LogP contribution in [0.15, 0.2) is 35.6 Å². The van der Waals surface area contributed by atoms with Gasteiger partial charge in [-0.25, -0.2) is 13.4 Å². The first kappa shape index (κ1) is 17.9. The maximum atomic E-state index is 11.7. The van der Waals surface area contributed by atoms with Gasteiger partial charge in [-0.15, -0.1) is 5.10 Å². The number of sulfone groups is 1. The van der Waals surface area contributed by atoms with E-state index in [1.54, 1.807) is 18.2 Å². The molecule has 2 heterocycles. The van der Waals surface area contributed by atoms with Crippen molar-refractivity contribution in [2.75, 3.05) is 20.0 Å². The number of hydrogen-bond acceptors (Lipinski definition) is 8. The summed E-state index contributed by atoms with van der Waals surface area (Å²) in [4.78, 5) is 19.4. The van der Waals surface area contributed by atoms with Crippen molar-refractivity contribution in [3.05, 3.63) is 36.0 Å². The van der Waals surface area contributed by atoms with E-state index in [1.165, 1.54) is 18.0 Å². The minimum absolute atomic E-state index is 0.0153. The van der Waals surface area contributed by atoms with Gasteiger partial charge in [-0.3, -0.25) is 4.79 Å². The molecule has 2 aromatic heterocycles. The van der Waals surface area contributed by atoms with Crippen LogP contribution in [-0.4, -0.2) is 59.3 Å². The third-order valence-electron chi connectivity index (χ3n) is 3.42. The Bertz CT molecular complexity index is 1060. The lowest BCUT2D eigenvalue weighted by molar-refractivity contribution is -0.124. The van der Waals surface area contributed by atoms with E-state index in [4.69, 9.17) is 4.74 Å². The Balaban J connectivity index is 1.94. The van der Waals surface area contributed by atoms with Gasteiger partial charge in [-0.2, -0.15) is 9.67 Å². The molecule has 1 N–H and O–H groups in total. The Kier molecular flexibility index (Phi) is 4.91. The van der Waals surface area contributed by atoms with Crippen molar-refractivity contribution in [3.63, 3.8) is 0 Å². The highest BCUT2D eigenvalue weighted by molar-refractivity contribution is 7.90. The average Bonchev–Trinajstić information content (AvgIpc) is 3.03. The maximum absolute atomic E-state index is 11.7. The van der Waals surface area contributed by atoms with Crippen LogP contribution in [0.25, 0.3) is 16.9 Å². The second kappa shape index (κ2) is 7.14. The lowest BCUT2D eigenvalue weighted by atomic mass is 10.2. The minimum atomic E-state index is -3.55. The molecule has 136 valence electrons. The average molecular weight is 376 g/mol. The van der Waals surface area contributed by atoms with E-state index in [9.17, 15) is 13.2 Å². The normalized spacial score (nSPS) is 11.6. The van der Waals surface area contributed by atoms with Gasteiger partial charge < -0.3 is 10.1 Å². The van der Waals surface area contributed by atoms with Crippen molar-refractivity contribution in [1.82, 2.24) is 30.3 Å². The van der Waals surface area contributed by atoms with Gasteiger partial charge in [0.05, 0.1) is 11.9 Å². The minimum Gasteiger partial charge on any atom is -0.375 e. The Labute approximate surface area is 149 Å². The molecule has 0 atom stereocenters. The van der Waals surface area contributed by atoms with Crippen LogP contribution >= 0.6 is 0 Å². The van der Waals surface area contributed by atoms with E-state index in [0.717, 1.165) is 11.8 Å². The van der Waals surface area contributed by atoms with Crippen LogP contribution in [0.4, 0.5) is 0 Å². The molecule has 0 aliphatic heterocycles. The summed E-state index contributed by atoms with van der Waals surface area (Å²) in [6, 6.07) is 7.20. The zero-order chi connectivity index (χ0) is 18.7. The van der Waals surface area contributed by atoms with Crippen LogP contribution in [-0.2, 0) is 25.9 Å². The van der Waals surface area contributed by atoms with Gasteiger partial charge in [0.25, 0.3) is 0 Å². The predicted octanol–water partition coefficient (Wildman–Crippen LogP) is -0.123. The fourth-order valence-electron chi connectivity index (χ4n) is 2.25. The summed E-state index contributed by atoms with van der Waals surface area (Å²) >= 11 is 0. The zero-order valence-corrected chi connectivity index (χ0v) is 14.9. The van der Waals surface area contributed by atoms with Gasteiger partial charge >= 0.3 is 0 Å². The monoisotopic (exact) mass is 376 g/mol. The summed E-state index contributed by atoms with van der Waals surface area (Å²) in [5.41, 5.74) is 2.11. The number of nitrogens with zero attached hydrogens (tertiary/aromatic N) is 5. The topological polar surface area (TPSA) is 129 Å². The first-order valence-electron chi connectivity index (χ1n) is 7.52. The van der Waals surface area contributed by atoms with Crippen LogP contribution < -0.4 is 5.32 Å². The van der Waals surface area contributed by atoms with E-state index in [0.29, 0.717) is 17.7 Å². The van der Waals surface area contributed by atoms with Crippen molar-refractivity contribution >= 4 is 26.9 Å². The van der Waals surface area contributed by atoms with Gasteiger partial charge in [0.1, 0.15) is 6.61 Å². The molecule has 26 heavy (non-hydrogen) atoms. The molecule has 0 unspecified atom stereocenters. The van der Waals surface area contributed by atoms with E-state index < -0.39 is 9.84 Å². The van der Waals surface area contributed by atoms with Crippen molar-refractivity contribution in [2.24, 2.45) is 0 Å². The first-order valence-corrected chi connectivity index (χ1v) is 9.41. The summed E-state index contributed by atoms with van der Waals surface area (Å²) in [6.45, 7) is 0.296. The zero-order valence-electron chi connectivity index (χ0n) is 14.1. The molecule has 1 amide bonds. The molecule has 0 saturated carbocycles. The molecule has 0 radical (unpaired) electrons. The van der Waals surface area contributed by atoms with Gasteiger partial charge in [0, 0.05) is 19.9 Å². The van der Waals surface area contributed by atoms with Crippen LogP contribution in [0.1, 0.15) is 5.56 Å². The molecule has 11 heteroatoms. The smallest absolute Gasteiger partial charge is 0.248 e.